The van der Waals surface area contributed by atoms with Gasteiger partial charge in [0.05, 0.1) is 29.0 Å². The average Bonchev–Trinajstić information content (AvgIpc) is 2.68. The highest BCUT2D eigenvalue weighted by Crippen LogP contribution is 2.46. The summed E-state index contributed by atoms with van der Waals surface area (Å²) in [4.78, 5) is 22.4. The van der Waals surface area contributed by atoms with Crippen molar-refractivity contribution in [2.75, 3.05) is 44.2 Å². The van der Waals surface area contributed by atoms with Gasteiger partial charge < -0.3 is 4.90 Å². The van der Waals surface area contributed by atoms with Crippen LogP contribution in [0.3, 0.4) is 0 Å². The lowest BCUT2D eigenvalue weighted by atomic mass is 10.2. The Bertz CT molecular complexity index is 702. The molecule has 0 spiro atoms. The number of rotatable bonds is 5. The van der Waals surface area contributed by atoms with E-state index in [0.717, 1.165) is 51.5 Å². The van der Waals surface area contributed by atoms with E-state index in [4.69, 9.17) is 0 Å². The number of hydrogen-bond donors (Lipinski definition) is 0. The minimum absolute atomic E-state index is 0.733. The van der Waals surface area contributed by atoms with E-state index in [2.05, 4.69) is 50.4 Å². The summed E-state index contributed by atoms with van der Waals surface area (Å²) in [5.41, 5.74) is 1.24. The van der Waals surface area contributed by atoms with Crippen molar-refractivity contribution >= 4 is 23.3 Å². The number of nitroso groups, excluding NO2 is 1. The van der Waals surface area contributed by atoms with E-state index in [1.807, 2.05) is 12.3 Å². The van der Waals surface area contributed by atoms with Crippen LogP contribution in [0.4, 0.5) is 11.5 Å². The summed E-state index contributed by atoms with van der Waals surface area (Å²) in [5, 5.41) is 4.63. The monoisotopic (exact) mass is 355 g/mol. The molecule has 130 valence electrons. The second-order valence-electron chi connectivity index (χ2n) is 6.28. The Kier molecular flexibility index (Phi) is 4.85. The lowest BCUT2D eigenvalue weighted by Crippen LogP contribution is -2.44. The molecule has 0 atom stereocenters. The molecule has 1 fully saturated rings. The molecule has 2 aromatic rings. The molecule has 2 aliphatic rings. The zero-order chi connectivity index (χ0) is 17.1. The fourth-order valence-electron chi connectivity index (χ4n) is 3.38. The maximum absolute atomic E-state index is 10.6. The molecule has 3 heterocycles. The second kappa shape index (κ2) is 7.41. The summed E-state index contributed by atoms with van der Waals surface area (Å²) >= 11 is 1.79. The highest BCUT2D eigenvalue weighted by atomic mass is 32.2. The largest absolute Gasteiger partial charge is 0.324 e. The van der Waals surface area contributed by atoms with E-state index < -0.39 is 0 Å². The number of benzene rings is 1. The summed E-state index contributed by atoms with van der Waals surface area (Å²) in [5.74, 6) is 1.06. The summed E-state index contributed by atoms with van der Waals surface area (Å²) in [6, 6.07) is 12.7. The Hall–Kier alpha value is -2.12. The van der Waals surface area contributed by atoms with Crippen LogP contribution in [0.2, 0.25) is 0 Å². The molecule has 2 aliphatic heterocycles. The molecule has 0 saturated carbocycles. The van der Waals surface area contributed by atoms with Crippen molar-refractivity contribution in [2.45, 2.75) is 16.2 Å². The van der Waals surface area contributed by atoms with Crippen molar-refractivity contribution in [1.82, 2.24) is 14.9 Å². The molecule has 4 rings (SSSR count). The molecule has 0 radical (unpaired) electrons. The molecule has 1 aromatic carbocycles. The first-order valence-corrected chi connectivity index (χ1v) is 9.47. The second-order valence-corrected chi connectivity index (χ2v) is 7.36. The smallest absolute Gasteiger partial charge is 0.147 e. The molecule has 25 heavy (non-hydrogen) atoms. The number of hydrogen-bond acceptors (Lipinski definition) is 6. The van der Waals surface area contributed by atoms with Gasteiger partial charge in [0.2, 0.25) is 0 Å². The Labute approximate surface area is 151 Å². The van der Waals surface area contributed by atoms with Crippen molar-refractivity contribution in [3.63, 3.8) is 0 Å². The van der Waals surface area contributed by atoms with Gasteiger partial charge in [-0.05, 0) is 37.2 Å². The van der Waals surface area contributed by atoms with Gasteiger partial charge in [0.15, 0.2) is 0 Å². The van der Waals surface area contributed by atoms with Gasteiger partial charge in [-0.3, -0.25) is 9.91 Å². The molecule has 0 aliphatic carbocycles. The molecule has 6 nitrogen and oxygen atoms in total. The van der Waals surface area contributed by atoms with Gasteiger partial charge >= 0.3 is 0 Å². The Balaban J connectivity index is 1.43. The predicted octanol–water partition coefficient (Wildman–Crippen LogP) is 3.37. The number of para-hydroxylation sites is 1. The highest BCUT2D eigenvalue weighted by molar-refractivity contribution is 7.99. The quantitative estimate of drug-likeness (QED) is 0.767. The third-order valence-electron chi connectivity index (χ3n) is 4.70. The van der Waals surface area contributed by atoms with Gasteiger partial charge in [-0.1, -0.05) is 23.9 Å². The first-order chi connectivity index (χ1) is 12.3. The summed E-state index contributed by atoms with van der Waals surface area (Å²) in [7, 11) is 0. The van der Waals surface area contributed by atoms with Gasteiger partial charge in [0.25, 0.3) is 0 Å². The standard InChI is InChI=1S/C18H21N5OS/c24-20-22-13-11-21(12-14-22)9-4-10-23-15-5-1-2-6-16(15)25-17-7-3-8-19-18(17)23/h1-3,5-8H,4,9-14H2. The SMILES string of the molecule is O=NN1CCN(CCCN2c3ccccc3Sc3cccnc32)CC1. The molecule has 0 unspecified atom stereocenters. The lowest BCUT2D eigenvalue weighted by Gasteiger charge is -2.34. The van der Waals surface area contributed by atoms with Gasteiger partial charge in [0.1, 0.15) is 5.82 Å². The van der Waals surface area contributed by atoms with Crippen LogP contribution in [0.5, 0.6) is 0 Å². The number of aromatic nitrogens is 1. The minimum atomic E-state index is 0.733. The number of fused-ring (bicyclic) bond motifs is 2. The molecule has 1 saturated heterocycles. The number of anilines is 2. The van der Waals surface area contributed by atoms with Gasteiger partial charge in [0, 0.05) is 30.7 Å². The van der Waals surface area contributed by atoms with E-state index in [-0.39, 0.29) is 0 Å². The third kappa shape index (κ3) is 3.48. The molecule has 0 amide bonds. The fourth-order valence-corrected chi connectivity index (χ4v) is 4.45. The van der Waals surface area contributed by atoms with E-state index in [0.29, 0.717) is 0 Å². The normalized spacial score (nSPS) is 17.1. The van der Waals surface area contributed by atoms with Crippen LogP contribution in [-0.2, 0) is 0 Å². The van der Waals surface area contributed by atoms with Crippen molar-refractivity contribution < 1.29 is 0 Å². The van der Waals surface area contributed by atoms with Gasteiger partial charge in [-0.15, -0.1) is 4.91 Å². The zero-order valence-corrected chi connectivity index (χ0v) is 14.9. The molecular formula is C18H21N5OS. The Morgan fingerprint density at radius 1 is 1.00 bits per heavy atom. The molecule has 1 aromatic heterocycles. The summed E-state index contributed by atoms with van der Waals surface area (Å²) in [6.45, 7) is 5.25. The number of pyridine rings is 1. The number of piperazine rings is 1. The first-order valence-electron chi connectivity index (χ1n) is 8.65. The fraction of sp³-hybridized carbons (Fsp3) is 0.389. The predicted molar refractivity (Wildman–Crippen MR) is 100 cm³/mol. The van der Waals surface area contributed by atoms with Crippen LogP contribution in [0.15, 0.2) is 57.7 Å². The minimum Gasteiger partial charge on any atom is -0.324 e. The molecular weight excluding hydrogens is 334 g/mol. The van der Waals surface area contributed by atoms with Crippen molar-refractivity contribution in [2.24, 2.45) is 5.29 Å². The van der Waals surface area contributed by atoms with E-state index >= 15 is 0 Å². The zero-order valence-electron chi connectivity index (χ0n) is 14.0. The van der Waals surface area contributed by atoms with E-state index in [1.54, 1.807) is 16.8 Å². The van der Waals surface area contributed by atoms with Crippen LogP contribution >= 0.6 is 11.8 Å². The first kappa shape index (κ1) is 16.4. The van der Waals surface area contributed by atoms with E-state index in [1.165, 1.54) is 15.5 Å². The Morgan fingerprint density at radius 3 is 2.64 bits per heavy atom. The van der Waals surface area contributed by atoms with Crippen LogP contribution < -0.4 is 4.90 Å². The topological polar surface area (TPSA) is 52.0 Å². The van der Waals surface area contributed by atoms with Crippen molar-refractivity contribution in [3.8, 4) is 0 Å². The van der Waals surface area contributed by atoms with Crippen LogP contribution in [0, 0.1) is 4.91 Å². The summed E-state index contributed by atoms with van der Waals surface area (Å²) in [6.07, 6.45) is 2.93. The van der Waals surface area contributed by atoms with Crippen molar-refractivity contribution in [3.05, 3.63) is 47.5 Å². The van der Waals surface area contributed by atoms with Crippen LogP contribution in [-0.4, -0.2) is 54.2 Å². The Morgan fingerprint density at radius 2 is 1.80 bits per heavy atom. The highest BCUT2D eigenvalue weighted by Gasteiger charge is 2.24. The molecule has 7 heteroatoms. The molecule has 0 bridgehead atoms. The van der Waals surface area contributed by atoms with Gasteiger partial charge in [-0.25, -0.2) is 4.98 Å². The molecule has 0 N–H and O–H groups in total. The van der Waals surface area contributed by atoms with E-state index in [9.17, 15) is 4.91 Å². The summed E-state index contributed by atoms with van der Waals surface area (Å²) < 4.78 is 0. The lowest BCUT2D eigenvalue weighted by molar-refractivity contribution is 0.134. The third-order valence-corrected chi connectivity index (χ3v) is 5.81. The van der Waals surface area contributed by atoms with Crippen LogP contribution in [0.25, 0.3) is 0 Å². The van der Waals surface area contributed by atoms with Crippen LogP contribution in [0.1, 0.15) is 6.42 Å². The number of nitrogens with zero attached hydrogens (tertiary/aromatic N) is 5. The maximum Gasteiger partial charge on any atom is 0.147 e. The van der Waals surface area contributed by atoms with Gasteiger partial charge in [-0.2, -0.15) is 0 Å². The van der Waals surface area contributed by atoms with Crippen molar-refractivity contribution in [1.29, 1.82) is 0 Å². The maximum atomic E-state index is 10.6. The average molecular weight is 355 g/mol.